The van der Waals surface area contributed by atoms with Crippen LogP contribution in [0.15, 0.2) is 25.6 Å². The number of furan rings is 1. The van der Waals surface area contributed by atoms with Gasteiger partial charge in [0.05, 0.1) is 13.1 Å². The Morgan fingerprint density at radius 3 is 2.52 bits per heavy atom. The number of nitrogens with zero attached hydrogens (tertiary/aromatic N) is 5. The van der Waals surface area contributed by atoms with E-state index in [-0.39, 0.29) is 5.91 Å². The van der Waals surface area contributed by atoms with Gasteiger partial charge < -0.3 is 13.7 Å². The fourth-order valence-corrected chi connectivity index (χ4v) is 3.94. The summed E-state index contributed by atoms with van der Waals surface area (Å²) in [4.78, 5) is 18.9. The summed E-state index contributed by atoms with van der Waals surface area (Å²) in [6.07, 6.45) is 3.31. The number of hydrogen-bond acceptors (Lipinski definition) is 7. The Bertz CT molecular complexity index is 771. The Morgan fingerprint density at radius 1 is 0.963 bits per heavy atom. The van der Waals surface area contributed by atoms with Crippen LogP contribution in [0.2, 0.25) is 0 Å². The van der Waals surface area contributed by atoms with E-state index in [4.69, 9.17) is 8.83 Å². The SMILES string of the molecule is O=C(CN1CCCN(Cc2nnc(-c3ccc(Br)o3)o2)CC1)N1CCCC1. The first kappa shape index (κ1) is 18.6. The maximum absolute atomic E-state index is 12.4. The standard InChI is InChI=1S/C18H24BrN5O3/c19-15-5-4-14(26-15)18-21-20-16(27-18)12-22-6-3-7-23(11-10-22)13-17(25)24-8-1-2-9-24/h4-5H,1-3,6-13H2. The monoisotopic (exact) mass is 437 g/mol. The van der Waals surface area contributed by atoms with Crippen molar-refractivity contribution >= 4 is 21.8 Å². The molecule has 0 aromatic carbocycles. The zero-order valence-electron chi connectivity index (χ0n) is 15.3. The number of likely N-dealkylation sites (tertiary alicyclic amines) is 1. The Kier molecular flexibility index (Phi) is 5.89. The Morgan fingerprint density at radius 2 is 1.74 bits per heavy atom. The minimum Gasteiger partial charge on any atom is -0.444 e. The summed E-state index contributed by atoms with van der Waals surface area (Å²) in [6, 6.07) is 3.59. The van der Waals surface area contributed by atoms with Gasteiger partial charge in [0, 0.05) is 26.2 Å². The van der Waals surface area contributed by atoms with E-state index in [9.17, 15) is 4.79 Å². The normalized spacial score (nSPS) is 19.5. The van der Waals surface area contributed by atoms with Crippen molar-refractivity contribution < 1.29 is 13.6 Å². The number of aromatic nitrogens is 2. The highest BCUT2D eigenvalue weighted by atomic mass is 79.9. The van der Waals surface area contributed by atoms with Crippen LogP contribution in [0.3, 0.4) is 0 Å². The molecule has 2 saturated heterocycles. The van der Waals surface area contributed by atoms with Crippen molar-refractivity contribution in [3.63, 3.8) is 0 Å². The van der Waals surface area contributed by atoms with Crippen LogP contribution in [0.4, 0.5) is 0 Å². The molecule has 27 heavy (non-hydrogen) atoms. The van der Waals surface area contributed by atoms with Crippen molar-refractivity contribution in [3.05, 3.63) is 22.7 Å². The van der Waals surface area contributed by atoms with Crippen LogP contribution in [-0.4, -0.2) is 76.6 Å². The number of hydrogen-bond donors (Lipinski definition) is 0. The zero-order valence-corrected chi connectivity index (χ0v) is 16.9. The lowest BCUT2D eigenvalue weighted by Gasteiger charge is -2.23. The summed E-state index contributed by atoms with van der Waals surface area (Å²) in [5.41, 5.74) is 0. The highest BCUT2D eigenvalue weighted by molar-refractivity contribution is 9.10. The van der Waals surface area contributed by atoms with Gasteiger partial charge in [-0.1, -0.05) is 0 Å². The molecule has 2 aliphatic rings. The Labute approximate surface area is 166 Å². The van der Waals surface area contributed by atoms with E-state index in [1.807, 2.05) is 4.90 Å². The first-order valence-electron chi connectivity index (χ1n) is 9.48. The molecular formula is C18H24BrN5O3. The highest BCUT2D eigenvalue weighted by Crippen LogP contribution is 2.24. The molecule has 146 valence electrons. The van der Waals surface area contributed by atoms with E-state index < -0.39 is 0 Å². The molecule has 0 saturated carbocycles. The van der Waals surface area contributed by atoms with E-state index in [1.54, 1.807) is 12.1 Å². The molecule has 0 spiro atoms. The largest absolute Gasteiger partial charge is 0.444 e. The molecule has 2 aromatic heterocycles. The van der Waals surface area contributed by atoms with Gasteiger partial charge in [-0.15, -0.1) is 10.2 Å². The van der Waals surface area contributed by atoms with E-state index >= 15 is 0 Å². The second kappa shape index (κ2) is 8.53. The smallest absolute Gasteiger partial charge is 0.283 e. The van der Waals surface area contributed by atoms with E-state index in [0.717, 1.165) is 58.5 Å². The van der Waals surface area contributed by atoms with Gasteiger partial charge in [0.15, 0.2) is 10.4 Å². The van der Waals surface area contributed by atoms with Crippen molar-refractivity contribution in [2.24, 2.45) is 0 Å². The fourth-order valence-electron chi connectivity index (χ4n) is 3.64. The quantitative estimate of drug-likeness (QED) is 0.709. The predicted octanol–water partition coefficient (Wildman–Crippen LogP) is 2.22. The first-order chi connectivity index (χ1) is 13.2. The van der Waals surface area contributed by atoms with E-state index in [1.165, 1.54) is 0 Å². The molecule has 9 heteroatoms. The predicted molar refractivity (Wildman–Crippen MR) is 102 cm³/mol. The first-order valence-corrected chi connectivity index (χ1v) is 10.3. The van der Waals surface area contributed by atoms with Crippen LogP contribution in [0.25, 0.3) is 11.7 Å². The van der Waals surface area contributed by atoms with Gasteiger partial charge in [0.2, 0.25) is 11.8 Å². The molecule has 0 bridgehead atoms. The fraction of sp³-hybridized carbons (Fsp3) is 0.611. The van der Waals surface area contributed by atoms with Gasteiger partial charge in [-0.25, -0.2) is 0 Å². The molecular weight excluding hydrogens is 414 g/mol. The third-order valence-electron chi connectivity index (χ3n) is 5.11. The van der Waals surface area contributed by atoms with Crippen LogP contribution < -0.4 is 0 Å². The van der Waals surface area contributed by atoms with Gasteiger partial charge in [0.25, 0.3) is 5.89 Å². The van der Waals surface area contributed by atoms with Crippen LogP contribution in [0, 0.1) is 0 Å². The second-order valence-electron chi connectivity index (χ2n) is 7.10. The average Bonchev–Trinajstić information content (AvgIpc) is 3.38. The van der Waals surface area contributed by atoms with Crippen molar-refractivity contribution in [2.45, 2.75) is 25.8 Å². The Balaban J connectivity index is 1.28. The number of amides is 1. The van der Waals surface area contributed by atoms with Gasteiger partial charge in [0.1, 0.15) is 0 Å². The Hall–Kier alpha value is -1.71. The molecule has 1 amide bonds. The lowest BCUT2D eigenvalue weighted by atomic mass is 10.3. The summed E-state index contributed by atoms with van der Waals surface area (Å²) < 4.78 is 11.8. The van der Waals surface area contributed by atoms with Gasteiger partial charge >= 0.3 is 0 Å². The van der Waals surface area contributed by atoms with Crippen molar-refractivity contribution in [1.82, 2.24) is 24.9 Å². The van der Waals surface area contributed by atoms with E-state index in [0.29, 0.717) is 35.3 Å². The molecule has 4 heterocycles. The lowest BCUT2D eigenvalue weighted by Crippen LogP contribution is -2.40. The summed E-state index contributed by atoms with van der Waals surface area (Å²) >= 11 is 3.27. The number of carbonyl (C=O) groups excluding carboxylic acids is 1. The third kappa shape index (κ3) is 4.77. The molecule has 0 N–H and O–H groups in total. The van der Waals surface area contributed by atoms with Crippen LogP contribution in [-0.2, 0) is 11.3 Å². The van der Waals surface area contributed by atoms with Crippen LogP contribution >= 0.6 is 15.9 Å². The molecule has 4 rings (SSSR count). The highest BCUT2D eigenvalue weighted by Gasteiger charge is 2.23. The minimum atomic E-state index is 0.270. The number of rotatable bonds is 5. The zero-order chi connectivity index (χ0) is 18.6. The van der Waals surface area contributed by atoms with Crippen molar-refractivity contribution in [1.29, 1.82) is 0 Å². The van der Waals surface area contributed by atoms with Crippen LogP contribution in [0.5, 0.6) is 0 Å². The van der Waals surface area contributed by atoms with Gasteiger partial charge in [-0.3, -0.25) is 14.6 Å². The van der Waals surface area contributed by atoms with Crippen molar-refractivity contribution in [3.8, 4) is 11.7 Å². The maximum Gasteiger partial charge on any atom is 0.283 e. The summed E-state index contributed by atoms with van der Waals surface area (Å²) in [5.74, 6) is 1.80. The number of carbonyl (C=O) groups is 1. The molecule has 0 unspecified atom stereocenters. The lowest BCUT2D eigenvalue weighted by molar-refractivity contribution is -0.131. The molecule has 2 fully saturated rings. The van der Waals surface area contributed by atoms with Gasteiger partial charge in [-0.2, -0.15) is 0 Å². The minimum absolute atomic E-state index is 0.270. The molecule has 2 aliphatic heterocycles. The molecule has 0 atom stereocenters. The third-order valence-corrected chi connectivity index (χ3v) is 5.53. The molecule has 0 aliphatic carbocycles. The van der Waals surface area contributed by atoms with Crippen molar-refractivity contribution in [2.75, 3.05) is 45.8 Å². The summed E-state index contributed by atoms with van der Waals surface area (Å²) in [6.45, 7) is 6.66. The maximum atomic E-state index is 12.4. The molecule has 0 radical (unpaired) electrons. The van der Waals surface area contributed by atoms with Gasteiger partial charge in [-0.05, 0) is 60.4 Å². The summed E-state index contributed by atoms with van der Waals surface area (Å²) in [7, 11) is 0. The molecule has 8 nitrogen and oxygen atoms in total. The average molecular weight is 438 g/mol. The number of halogens is 1. The summed E-state index contributed by atoms with van der Waals surface area (Å²) in [5, 5.41) is 8.21. The van der Waals surface area contributed by atoms with Crippen LogP contribution in [0.1, 0.15) is 25.2 Å². The van der Waals surface area contributed by atoms with E-state index in [2.05, 4.69) is 35.9 Å². The molecule has 2 aromatic rings. The second-order valence-corrected chi connectivity index (χ2v) is 7.88. The topological polar surface area (TPSA) is 78.9 Å².